The number of pyridine rings is 1. The van der Waals surface area contributed by atoms with Crippen LogP contribution in [0.5, 0.6) is 5.88 Å². The van der Waals surface area contributed by atoms with E-state index in [1.54, 1.807) is 13.8 Å². The normalized spacial score (nSPS) is 12.4. The van der Waals surface area contributed by atoms with Gasteiger partial charge in [0.1, 0.15) is 0 Å². The van der Waals surface area contributed by atoms with Crippen LogP contribution >= 0.6 is 24.3 Å². The molecule has 0 aliphatic rings. The third kappa shape index (κ3) is 4.62. The summed E-state index contributed by atoms with van der Waals surface area (Å²) in [6.07, 6.45) is 1.97. The molecule has 1 heterocycles. The second-order valence-corrected chi connectivity index (χ2v) is 8.12. The van der Waals surface area contributed by atoms with Crippen molar-refractivity contribution in [2.75, 3.05) is 6.61 Å². The van der Waals surface area contributed by atoms with Crippen molar-refractivity contribution >= 4 is 35.1 Å². The van der Waals surface area contributed by atoms with Crippen LogP contribution in [0.25, 0.3) is 10.8 Å². The summed E-state index contributed by atoms with van der Waals surface area (Å²) in [6.45, 7) is 3.84. The summed E-state index contributed by atoms with van der Waals surface area (Å²) in [7, 11) is -3.46. The maximum absolute atomic E-state index is 14.0. The minimum Gasteiger partial charge on any atom is -0.478 e. The fraction of sp³-hybridized carbons (Fsp3) is 0.375. The molecule has 0 radical (unpaired) electrons. The second kappa shape index (κ2) is 7.46. The highest BCUT2D eigenvalue weighted by molar-refractivity contribution is 9.10. The lowest BCUT2D eigenvalue weighted by atomic mass is 9.92. The Kier molecular flexibility index (Phi) is 5.95. The number of hydrogen-bond acceptors (Lipinski definition) is 5. The molecule has 1 aromatic heterocycles. The average molecular weight is 433 g/mol. The van der Waals surface area contributed by atoms with E-state index >= 15 is 0 Å². The second-order valence-electron chi connectivity index (χ2n) is 6.13. The minimum atomic E-state index is -3.76. The van der Waals surface area contributed by atoms with Crippen molar-refractivity contribution < 1.29 is 23.3 Å². The van der Waals surface area contributed by atoms with E-state index in [-0.39, 0.29) is 17.0 Å². The van der Waals surface area contributed by atoms with Crippen molar-refractivity contribution in [3.05, 3.63) is 34.4 Å². The number of nitrogens with zero attached hydrogens (tertiary/aromatic N) is 2. The van der Waals surface area contributed by atoms with E-state index in [1.807, 2.05) is 0 Å². The van der Waals surface area contributed by atoms with Crippen LogP contribution in [0.3, 0.4) is 0 Å². The van der Waals surface area contributed by atoms with E-state index in [4.69, 9.17) is 19.8 Å². The summed E-state index contributed by atoms with van der Waals surface area (Å²) < 4.78 is 33.5. The van der Waals surface area contributed by atoms with Crippen LogP contribution in [0.1, 0.15) is 25.8 Å². The fourth-order valence-corrected chi connectivity index (χ4v) is 3.19. The van der Waals surface area contributed by atoms with Gasteiger partial charge in [-0.25, -0.2) is 4.98 Å². The molecule has 9 heteroatoms. The van der Waals surface area contributed by atoms with Crippen molar-refractivity contribution in [2.45, 2.75) is 25.9 Å². The predicted octanol–water partition coefficient (Wildman–Crippen LogP) is 4.66. The number of aromatic nitrogens is 1. The number of halogens is 3. The van der Waals surface area contributed by atoms with Crippen molar-refractivity contribution in [3.8, 4) is 11.9 Å². The van der Waals surface area contributed by atoms with E-state index in [2.05, 4.69) is 27.0 Å². The number of fused-ring (bicyclic) bond motifs is 1. The molecule has 0 aliphatic heterocycles. The SMILES string of the molecule is CC(C)(C#N)CCOc1cc2cc(C(F)(F)P(O)O)c(Br)cc2cn1. The standard InChI is InChI=1S/C16H16BrF2N2O3P/c1-15(2,9-20)3-4-24-14-7-10-5-12(16(18,19)25(22)23)13(17)6-11(10)8-21-14/h5-8,22-23H,3-4H2,1-2H3. The van der Waals surface area contributed by atoms with E-state index in [1.165, 1.54) is 24.4 Å². The lowest BCUT2D eigenvalue weighted by Crippen LogP contribution is -2.13. The maximum Gasteiger partial charge on any atom is 0.340 e. The zero-order valence-electron chi connectivity index (χ0n) is 13.5. The van der Waals surface area contributed by atoms with Gasteiger partial charge in [-0.05, 0) is 37.8 Å². The van der Waals surface area contributed by atoms with Crippen LogP contribution in [0.4, 0.5) is 8.78 Å². The lowest BCUT2D eigenvalue weighted by Gasteiger charge is -2.19. The van der Waals surface area contributed by atoms with E-state index in [9.17, 15) is 8.78 Å². The third-order valence-corrected chi connectivity index (χ3v) is 5.04. The molecule has 2 N–H and O–H groups in total. The quantitative estimate of drug-likeness (QED) is 0.648. The Morgan fingerprint density at radius 3 is 2.56 bits per heavy atom. The van der Waals surface area contributed by atoms with Crippen LogP contribution in [0.2, 0.25) is 0 Å². The minimum absolute atomic E-state index is 0.0619. The van der Waals surface area contributed by atoms with Gasteiger partial charge in [-0.1, -0.05) is 15.9 Å². The average Bonchev–Trinajstić information content (AvgIpc) is 2.54. The van der Waals surface area contributed by atoms with Gasteiger partial charge in [0.15, 0.2) is 0 Å². The van der Waals surface area contributed by atoms with E-state index in [0.29, 0.717) is 17.2 Å². The lowest BCUT2D eigenvalue weighted by molar-refractivity contribution is 0.0726. The Morgan fingerprint density at radius 1 is 1.28 bits per heavy atom. The first-order chi connectivity index (χ1) is 11.6. The van der Waals surface area contributed by atoms with Crippen molar-refractivity contribution in [1.29, 1.82) is 5.26 Å². The first-order valence-corrected chi connectivity index (χ1v) is 9.30. The molecule has 5 nitrogen and oxygen atoms in total. The van der Waals surface area contributed by atoms with Gasteiger partial charge < -0.3 is 14.5 Å². The molecule has 0 saturated heterocycles. The topological polar surface area (TPSA) is 86.4 Å². The Hall–Kier alpha value is -1.39. The molecule has 2 rings (SSSR count). The molecule has 0 amide bonds. The molecule has 0 spiro atoms. The van der Waals surface area contributed by atoms with Gasteiger partial charge >= 0.3 is 5.66 Å². The van der Waals surface area contributed by atoms with Crippen molar-refractivity contribution in [1.82, 2.24) is 4.98 Å². The number of nitriles is 1. The predicted molar refractivity (Wildman–Crippen MR) is 94.2 cm³/mol. The first-order valence-electron chi connectivity index (χ1n) is 7.26. The molecule has 0 saturated carbocycles. The third-order valence-electron chi connectivity index (χ3n) is 3.64. The van der Waals surface area contributed by atoms with Crippen LogP contribution in [0, 0.1) is 16.7 Å². The van der Waals surface area contributed by atoms with E-state index in [0.717, 1.165) is 0 Å². The Morgan fingerprint density at radius 2 is 1.96 bits per heavy atom. The zero-order chi connectivity index (χ0) is 18.8. The summed E-state index contributed by atoms with van der Waals surface area (Å²) in [5, 5.41) is 10.00. The molecule has 0 unspecified atom stereocenters. The molecule has 0 atom stereocenters. The molecule has 0 bridgehead atoms. The Balaban J connectivity index is 2.30. The van der Waals surface area contributed by atoms with Gasteiger partial charge in [-0.15, -0.1) is 0 Å². The van der Waals surface area contributed by atoms with Gasteiger partial charge in [0.25, 0.3) is 0 Å². The highest BCUT2D eigenvalue weighted by Gasteiger charge is 2.42. The summed E-state index contributed by atoms with van der Waals surface area (Å²) in [4.78, 5) is 22.1. The molecular formula is C16H16BrF2N2O3P. The molecule has 0 fully saturated rings. The fourth-order valence-electron chi connectivity index (χ4n) is 2.03. The first kappa shape index (κ1) is 19.9. The molecule has 0 aliphatic carbocycles. The van der Waals surface area contributed by atoms with Crippen LogP contribution < -0.4 is 4.74 Å². The van der Waals surface area contributed by atoms with E-state index < -0.39 is 25.0 Å². The molecule has 25 heavy (non-hydrogen) atoms. The highest BCUT2D eigenvalue weighted by Crippen LogP contribution is 2.54. The van der Waals surface area contributed by atoms with Gasteiger partial charge in [0, 0.05) is 27.7 Å². The molecule has 134 valence electrons. The Bertz CT molecular complexity index is 825. The van der Waals surface area contributed by atoms with Gasteiger partial charge in [-0.3, -0.25) is 0 Å². The number of hydrogen-bond donors (Lipinski definition) is 2. The number of alkyl halides is 2. The number of rotatable bonds is 6. The summed E-state index contributed by atoms with van der Waals surface area (Å²) in [5.41, 5.74) is -4.81. The van der Waals surface area contributed by atoms with Crippen LogP contribution in [-0.2, 0) is 5.66 Å². The highest BCUT2D eigenvalue weighted by atomic mass is 79.9. The zero-order valence-corrected chi connectivity index (χ0v) is 16.0. The van der Waals surface area contributed by atoms with Crippen molar-refractivity contribution in [3.63, 3.8) is 0 Å². The largest absolute Gasteiger partial charge is 0.478 e. The van der Waals surface area contributed by atoms with Gasteiger partial charge in [0.2, 0.25) is 14.3 Å². The molecule has 2 aromatic rings. The number of ether oxygens (including phenoxy) is 1. The molecule has 1 aromatic carbocycles. The Labute approximate surface area is 153 Å². The van der Waals surface area contributed by atoms with Crippen LogP contribution in [0.15, 0.2) is 28.9 Å². The number of benzene rings is 1. The van der Waals surface area contributed by atoms with Gasteiger partial charge in [-0.2, -0.15) is 14.0 Å². The summed E-state index contributed by atoms with van der Waals surface area (Å²) in [6, 6.07) is 6.27. The maximum atomic E-state index is 14.0. The smallest absolute Gasteiger partial charge is 0.340 e. The summed E-state index contributed by atoms with van der Waals surface area (Å²) >= 11 is 3.03. The van der Waals surface area contributed by atoms with Crippen molar-refractivity contribution in [2.24, 2.45) is 5.41 Å². The summed E-state index contributed by atoms with van der Waals surface area (Å²) in [5.74, 6) is 0.244. The van der Waals surface area contributed by atoms with Crippen LogP contribution in [-0.4, -0.2) is 21.4 Å². The molecular weight excluding hydrogens is 417 g/mol. The monoisotopic (exact) mass is 432 g/mol. The van der Waals surface area contributed by atoms with Gasteiger partial charge in [0.05, 0.1) is 18.1 Å².